The van der Waals surface area contributed by atoms with Crippen LogP contribution >= 0.6 is 0 Å². The van der Waals surface area contributed by atoms with E-state index in [9.17, 15) is 14.4 Å². The number of carboxylic acid groups (broad SMARTS) is 1. The lowest BCUT2D eigenvalue weighted by Crippen LogP contribution is -2.52. The van der Waals surface area contributed by atoms with Crippen LogP contribution in [0.25, 0.3) is 0 Å². The summed E-state index contributed by atoms with van der Waals surface area (Å²) in [4.78, 5) is 38.8. The zero-order valence-electron chi connectivity index (χ0n) is 15.3. The van der Waals surface area contributed by atoms with Gasteiger partial charge in [-0.25, -0.2) is 0 Å². The number of carboxylic acids is 1. The van der Waals surface area contributed by atoms with Gasteiger partial charge in [-0.3, -0.25) is 24.6 Å². The Hall–Kier alpha value is -2.41. The van der Waals surface area contributed by atoms with E-state index in [1.807, 2.05) is 4.90 Å². The van der Waals surface area contributed by atoms with E-state index in [2.05, 4.69) is 28.4 Å². The molecule has 0 aliphatic carbocycles. The lowest BCUT2D eigenvalue weighted by Gasteiger charge is -2.33. The van der Waals surface area contributed by atoms with Gasteiger partial charge in [0.05, 0.1) is 6.54 Å². The Morgan fingerprint density at radius 1 is 1.11 bits per heavy atom. The molecule has 0 spiro atoms. The number of carbonyl (C=O) groups excluding carboxylic acids is 2. The summed E-state index contributed by atoms with van der Waals surface area (Å²) in [5.41, 5.74) is 3.78. The number of imide groups is 1. The van der Waals surface area contributed by atoms with Crippen molar-refractivity contribution in [3.63, 3.8) is 0 Å². The number of nitrogens with one attached hydrogen (secondary N) is 1. The quantitative estimate of drug-likeness (QED) is 0.771. The molecule has 1 aromatic rings. The maximum atomic E-state index is 12.3. The molecular formula is C20H25N3O4. The van der Waals surface area contributed by atoms with Crippen molar-refractivity contribution in [1.82, 2.24) is 10.2 Å². The molecule has 2 N–H and O–H groups in total. The zero-order chi connectivity index (χ0) is 19.0. The molecule has 0 unspecified atom stereocenters. The van der Waals surface area contributed by atoms with Crippen LogP contribution in [0.4, 0.5) is 5.69 Å². The van der Waals surface area contributed by atoms with Crippen molar-refractivity contribution in [2.45, 2.75) is 44.1 Å². The standard InChI is InChI=1S/C20H25N3O4/c24-18-5-4-17(20(27)21-18)23-11-8-15-14(2-1-3-16(15)23)13-6-9-22(10-7-13)12-19(25)26/h1-3,13,17H,4-12H2,(H,25,26)(H,21,24,27)/t17-/m1/s1. The van der Waals surface area contributed by atoms with E-state index in [1.54, 1.807) is 0 Å². The van der Waals surface area contributed by atoms with E-state index in [-0.39, 0.29) is 24.4 Å². The number of benzene rings is 1. The van der Waals surface area contributed by atoms with Gasteiger partial charge in [-0.05, 0) is 61.9 Å². The number of fused-ring (bicyclic) bond motifs is 1. The van der Waals surface area contributed by atoms with Gasteiger partial charge in [0.15, 0.2) is 0 Å². The summed E-state index contributed by atoms with van der Waals surface area (Å²) >= 11 is 0. The van der Waals surface area contributed by atoms with Crippen LogP contribution in [-0.2, 0) is 20.8 Å². The second kappa shape index (κ2) is 7.31. The third-order valence-electron chi connectivity index (χ3n) is 6.07. The van der Waals surface area contributed by atoms with E-state index < -0.39 is 5.97 Å². The Labute approximate surface area is 158 Å². The predicted octanol–water partition coefficient (Wildman–Crippen LogP) is 1.12. The number of rotatable bonds is 4. The van der Waals surface area contributed by atoms with Crippen molar-refractivity contribution in [2.75, 3.05) is 31.1 Å². The summed E-state index contributed by atoms with van der Waals surface area (Å²) < 4.78 is 0. The Morgan fingerprint density at radius 3 is 2.59 bits per heavy atom. The van der Waals surface area contributed by atoms with E-state index >= 15 is 0 Å². The molecule has 2 saturated heterocycles. The fraction of sp³-hybridized carbons (Fsp3) is 0.550. The predicted molar refractivity (Wildman–Crippen MR) is 99.7 cm³/mol. The molecule has 3 aliphatic rings. The van der Waals surface area contributed by atoms with Gasteiger partial charge in [-0.15, -0.1) is 0 Å². The van der Waals surface area contributed by atoms with Gasteiger partial charge in [0.1, 0.15) is 6.04 Å². The number of hydrogen-bond donors (Lipinski definition) is 2. The highest BCUT2D eigenvalue weighted by molar-refractivity contribution is 6.02. The highest BCUT2D eigenvalue weighted by Gasteiger charge is 2.36. The first kappa shape index (κ1) is 18.0. The topological polar surface area (TPSA) is 89.9 Å². The van der Waals surface area contributed by atoms with Crippen molar-refractivity contribution in [3.05, 3.63) is 29.3 Å². The van der Waals surface area contributed by atoms with Crippen molar-refractivity contribution < 1.29 is 19.5 Å². The fourth-order valence-corrected chi connectivity index (χ4v) is 4.77. The molecule has 2 amide bonds. The lowest BCUT2D eigenvalue weighted by atomic mass is 9.85. The molecule has 7 heteroatoms. The van der Waals surface area contributed by atoms with Gasteiger partial charge in [0.2, 0.25) is 11.8 Å². The van der Waals surface area contributed by atoms with Crippen LogP contribution in [0.3, 0.4) is 0 Å². The van der Waals surface area contributed by atoms with Crippen LogP contribution in [0.15, 0.2) is 18.2 Å². The van der Waals surface area contributed by atoms with E-state index in [1.165, 1.54) is 11.1 Å². The fourth-order valence-electron chi connectivity index (χ4n) is 4.77. The Morgan fingerprint density at radius 2 is 1.89 bits per heavy atom. The monoisotopic (exact) mass is 371 g/mol. The molecule has 1 aromatic carbocycles. The molecule has 1 atom stereocenters. The zero-order valence-corrected chi connectivity index (χ0v) is 15.3. The molecule has 0 radical (unpaired) electrons. The Balaban J connectivity index is 1.50. The Kier molecular flexibility index (Phi) is 4.86. The molecule has 144 valence electrons. The van der Waals surface area contributed by atoms with E-state index in [0.29, 0.717) is 18.8 Å². The number of amides is 2. The summed E-state index contributed by atoms with van der Waals surface area (Å²) in [6.07, 6.45) is 3.80. The van der Waals surface area contributed by atoms with Gasteiger partial charge in [0, 0.05) is 18.7 Å². The summed E-state index contributed by atoms with van der Waals surface area (Å²) in [6.45, 7) is 2.52. The largest absolute Gasteiger partial charge is 0.480 e. The highest BCUT2D eigenvalue weighted by Crippen LogP contribution is 2.39. The molecule has 7 nitrogen and oxygen atoms in total. The molecule has 27 heavy (non-hydrogen) atoms. The first-order valence-electron chi connectivity index (χ1n) is 9.69. The first-order chi connectivity index (χ1) is 13.0. The van der Waals surface area contributed by atoms with Gasteiger partial charge < -0.3 is 10.0 Å². The minimum Gasteiger partial charge on any atom is -0.480 e. The number of likely N-dealkylation sites (tertiary alicyclic amines) is 1. The average Bonchev–Trinajstić information content (AvgIpc) is 3.06. The number of carbonyl (C=O) groups is 3. The molecular weight excluding hydrogens is 346 g/mol. The van der Waals surface area contributed by atoms with Crippen LogP contribution in [0.1, 0.15) is 42.7 Å². The summed E-state index contributed by atoms with van der Waals surface area (Å²) in [6, 6.07) is 6.05. The van der Waals surface area contributed by atoms with Gasteiger partial charge >= 0.3 is 5.97 Å². The van der Waals surface area contributed by atoms with Crippen molar-refractivity contribution in [1.29, 1.82) is 0 Å². The molecule has 2 fully saturated rings. The SMILES string of the molecule is O=C(O)CN1CCC(c2cccc3c2CCN3[C@@H]2CCC(=O)NC2=O)CC1. The molecule has 3 aliphatic heterocycles. The number of anilines is 1. The number of aliphatic carboxylic acids is 1. The maximum absolute atomic E-state index is 12.3. The van der Waals surface area contributed by atoms with Crippen LogP contribution in [0.2, 0.25) is 0 Å². The van der Waals surface area contributed by atoms with Crippen molar-refractivity contribution >= 4 is 23.5 Å². The van der Waals surface area contributed by atoms with Crippen LogP contribution in [0, 0.1) is 0 Å². The highest BCUT2D eigenvalue weighted by atomic mass is 16.4. The second-order valence-corrected chi connectivity index (χ2v) is 7.70. The summed E-state index contributed by atoms with van der Waals surface area (Å²) in [5, 5.41) is 11.4. The van der Waals surface area contributed by atoms with Gasteiger partial charge in [-0.1, -0.05) is 12.1 Å². The average molecular weight is 371 g/mol. The van der Waals surface area contributed by atoms with Crippen LogP contribution < -0.4 is 10.2 Å². The molecule has 4 rings (SSSR count). The molecule has 0 saturated carbocycles. The van der Waals surface area contributed by atoms with Gasteiger partial charge in [-0.2, -0.15) is 0 Å². The molecule has 0 bridgehead atoms. The van der Waals surface area contributed by atoms with Crippen molar-refractivity contribution in [3.8, 4) is 0 Å². The van der Waals surface area contributed by atoms with Crippen LogP contribution in [-0.4, -0.2) is 60.0 Å². The minimum absolute atomic E-state index is 0.114. The molecule has 3 heterocycles. The van der Waals surface area contributed by atoms with E-state index in [0.717, 1.165) is 44.6 Å². The lowest BCUT2D eigenvalue weighted by molar-refractivity contribution is -0.138. The minimum atomic E-state index is -0.770. The summed E-state index contributed by atoms with van der Waals surface area (Å²) in [7, 11) is 0. The van der Waals surface area contributed by atoms with Gasteiger partial charge in [0.25, 0.3) is 0 Å². The number of nitrogens with zero attached hydrogens (tertiary/aromatic N) is 2. The maximum Gasteiger partial charge on any atom is 0.317 e. The molecule has 0 aromatic heterocycles. The number of hydrogen-bond acceptors (Lipinski definition) is 5. The van der Waals surface area contributed by atoms with Crippen molar-refractivity contribution in [2.24, 2.45) is 0 Å². The third-order valence-corrected chi connectivity index (χ3v) is 6.07. The third kappa shape index (κ3) is 3.56. The smallest absolute Gasteiger partial charge is 0.317 e. The Bertz CT molecular complexity index is 770. The number of piperidine rings is 2. The second-order valence-electron chi connectivity index (χ2n) is 7.70. The first-order valence-corrected chi connectivity index (χ1v) is 9.69. The van der Waals surface area contributed by atoms with E-state index in [4.69, 9.17) is 5.11 Å². The normalized spacial score (nSPS) is 24.0. The van der Waals surface area contributed by atoms with Crippen LogP contribution in [0.5, 0.6) is 0 Å². The summed E-state index contributed by atoms with van der Waals surface area (Å²) in [5.74, 6) is -0.704.